The highest BCUT2D eigenvalue weighted by Gasteiger charge is 2.41. The lowest BCUT2D eigenvalue weighted by Gasteiger charge is -2.40. The minimum Gasteiger partial charge on any atom is -0.345 e. The molecule has 0 saturated carbocycles. The van der Waals surface area contributed by atoms with Crippen LogP contribution < -0.4 is 0 Å². The van der Waals surface area contributed by atoms with Gasteiger partial charge in [-0.3, -0.25) is 4.48 Å². The van der Waals surface area contributed by atoms with Crippen LogP contribution in [0, 0.1) is 0 Å². The maximum atomic E-state index is 10.0. The molecule has 0 fully saturated rings. The Balaban J connectivity index is 2.36. The van der Waals surface area contributed by atoms with Gasteiger partial charge in [0.15, 0.2) is 12.4 Å². The Hall–Kier alpha value is -0.670. The van der Waals surface area contributed by atoms with Crippen molar-refractivity contribution in [3.63, 3.8) is 0 Å². The summed E-state index contributed by atoms with van der Waals surface area (Å²) in [4.78, 5) is 4.58. The summed E-state index contributed by atoms with van der Waals surface area (Å²) in [5, 5.41) is 10.0. The van der Waals surface area contributed by atoms with Crippen LogP contribution in [0.3, 0.4) is 0 Å². The summed E-state index contributed by atoms with van der Waals surface area (Å²) < 4.78 is 0.727. The largest absolute Gasteiger partial charge is 0.345 e. The highest BCUT2D eigenvalue weighted by molar-refractivity contribution is 5.60. The van der Waals surface area contributed by atoms with Crippen molar-refractivity contribution in [3.8, 4) is 0 Å². The van der Waals surface area contributed by atoms with Crippen LogP contribution in [0.5, 0.6) is 0 Å². The third kappa shape index (κ3) is 3.66. The lowest BCUT2D eigenvalue weighted by atomic mass is 10.1. The first kappa shape index (κ1) is 15.4. The molecular weight excluding hydrogens is 224 g/mol. The topological polar surface area (TPSA) is 32.6 Å². The summed E-state index contributed by atoms with van der Waals surface area (Å²) in [5.74, 6) is 0. The first-order valence-electron chi connectivity index (χ1n) is 7.38. The second-order valence-electron chi connectivity index (χ2n) is 5.21. The van der Waals surface area contributed by atoms with E-state index in [2.05, 4.69) is 31.0 Å². The predicted molar refractivity (Wildman–Crippen MR) is 77.5 cm³/mol. The standard InChI is InChI=1S/C15H29N2O/c1-4-6-7-8-9-10-11-15-16-12-13-17(15,5-2)14(3)18/h6-7,12,14-15,18H,4-5,8-11,13H2,1-3H3/q+1/b7-6+. The van der Waals surface area contributed by atoms with Crippen molar-refractivity contribution in [2.75, 3.05) is 13.1 Å². The van der Waals surface area contributed by atoms with E-state index in [4.69, 9.17) is 0 Å². The highest BCUT2D eigenvalue weighted by atomic mass is 16.3. The van der Waals surface area contributed by atoms with Gasteiger partial charge in [-0.05, 0) is 32.6 Å². The molecule has 0 radical (unpaired) electrons. The molecule has 1 rings (SSSR count). The van der Waals surface area contributed by atoms with E-state index in [1.54, 1.807) is 0 Å². The molecular formula is C15H29N2O+. The monoisotopic (exact) mass is 253 g/mol. The summed E-state index contributed by atoms with van der Waals surface area (Å²) in [6.07, 6.45) is 12.3. The van der Waals surface area contributed by atoms with Gasteiger partial charge in [-0.25, -0.2) is 4.99 Å². The molecule has 3 heteroatoms. The second-order valence-corrected chi connectivity index (χ2v) is 5.21. The van der Waals surface area contributed by atoms with Crippen molar-refractivity contribution in [1.29, 1.82) is 0 Å². The summed E-state index contributed by atoms with van der Waals surface area (Å²) in [7, 11) is 0. The number of rotatable bonds is 8. The van der Waals surface area contributed by atoms with Gasteiger partial charge >= 0.3 is 0 Å². The fourth-order valence-corrected chi connectivity index (χ4v) is 2.79. The average molecular weight is 253 g/mol. The van der Waals surface area contributed by atoms with Gasteiger partial charge in [-0.15, -0.1) is 0 Å². The minimum absolute atomic E-state index is 0.269. The van der Waals surface area contributed by atoms with Crippen LogP contribution in [0.4, 0.5) is 0 Å². The smallest absolute Gasteiger partial charge is 0.189 e. The van der Waals surface area contributed by atoms with Crippen LogP contribution in [0.1, 0.15) is 52.9 Å². The van der Waals surface area contributed by atoms with Gasteiger partial charge in [0.2, 0.25) is 0 Å². The lowest BCUT2D eigenvalue weighted by molar-refractivity contribution is -0.976. The Kier molecular flexibility index (Phi) is 6.58. The zero-order valence-corrected chi connectivity index (χ0v) is 12.2. The SMILES string of the molecule is CC/C=C/CCCCC1N=CC[N+]1(CC)C(C)O. The van der Waals surface area contributed by atoms with Crippen LogP contribution in [0.15, 0.2) is 17.1 Å². The molecule has 1 aliphatic heterocycles. The fraction of sp³-hybridized carbons (Fsp3) is 0.800. The summed E-state index contributed by atoms with van der Waals surface area (Å²) in [6, 6.07) is 0. The number of aliphatic imine (C=N–C) groups is 1. The predicted octanol–water partition coefficient (Wildman–Crippen LogP) is 3.10. The molecule has 0 amide bonds. The van der Waals surface area contributed by atoms with E-state index < -0.39 is 0 Å². The molecule has 0 aromatic rings. The van der Waals surface area contributed by atoms with Crippen LogP contribution in [-0.4, -0.2) is 41.3 Å². The van der Waals surface area contributed by atoms with Gasteiger partial charge in [-0.1, -0.05) is 19.1 Å². The van der Waals surface area contributed by atoms with Gasteiger partial charge in [0.05, 0.1) is 12.8 Å². The average Bonchev–Trinajstić information content (AvgIpc) is 2.77. The normalized spacial score (nSPS) is 29.2. The van der Waals surface area contributed by atoms with Crippen molar-refractivity contribution < 1.29 is 9.59 Å². The van der Waals surface area contributed by atoms with E-state index in [9.17, 15) is 5.11 Å². The van der Waals surface area contributed by atoms with Gasteiger partial charge in [0, 0.05) is 13.3 Å². The Bertz CT molecular complexity index is 286. The van der Waals surface area contributed by atoms with Crippen molar-refractivity contribution in [2.24, 2.45) is 4.99 Å². The molecule has 0 aromatic heterocycles. The van der Waals surface area contributed by atoms with Crippen LogP contribution in [0.25, 0.3) is 0 Å². The molecule has 0 bridgehead atoms. The third-order valence-corrected chi connectivity index (χ3v) is 4.11. The first-order valence-corrected chi connectivity index (χ1v) is 7.38. The van der Waals surface area contributed by atoms with Crippen molar-refractivity contribution in [2.45, 2.75) is 65.3 Å². The number of aliphatic hydroxyl groups is 1. The molecule has 1 heterocycles. The van der Waals surface area contributed by atoms with Crippen LogP contribution >= 0.6 is 0 Å². The zero-order chi connectivity index (χ0) is 13.4. The number of hydrogen-bond donors (Lipinski definition) is 1. The highest BCUT2D eigenvalue weighted by Crippen LogP contribution is 2.26. The first-order chi connectivity index (χ1) is 8.67. The molecule has 3 atom stereocenters. The van der Waals surface area contributed by atoms with E-state index in [0.29, 0.717) is 0 Å². The Labute approximate surface area is 112 Å². The number of aliphatic hydroxyl groups excluding tert-OH is 1. The molecule has 1 N–H and O–H groups in total. The number of allylic oxidation sites excluding steroid dienone is 2. The maximum Gasteiger partial charge on any atom is 0.189 e. The number of unbranched alkanes of at least 4 members (excludes halogenated alkanes) is 2. The van der Waals surface area contributed by atoms with Crippen molar-refractivity contribution in [1.82, 2.24) is 0 Å². The van der Waals surface area contributed by atoms with Gasteiger partial charge in [0.25, 0.3) is 0 Å². The Morgan fingerprint density at radius 3 is 2.78 bits per heavy atom. The molecule has 1 aliphatic rings. The third-order valence-electron chi connectivity index (χ3n) is 4.11. The molecule has 3 nitrogen and oxygen atoms in total. The van der Waals surface area contributed by atoms with Gasteiger partial charge in [-0.2, -0.15) is 0 Å². The van der Waals surface area contributed by atoms with Crippen LogP contribution in [0.2, 0.25) is 0 Å². The fourth-order valence-electron chi connectivity index (χ4n) is 2.79. The van der Waals surface area contributed by atoms with Gasteiger partial charge < -0.3 is 5.11 Å². The van der Waals surface area contributed by atoms with Gasteiger partial charge in [0.1, 0.15) is 6.54 Å². The Morgan fingerprint density at radius 1 is 1.39 bits per heavy atom. The van der Waals surface area contributed by atoms with E-state index >= 15 is 0 Å². The zero-order valence-electron chi connectivity index (χ0n) is 12.2. The molecule has 0 saturated heterocycles. The maximum absolute atomic E-state index is 10.0. The van der Waals surface area contributed by atoms with E-state index in [0.717, 1.165) is 30.4 Å². The summed E-state index contributed by atoms with van der Waals surface area (Å²) in [5.41, 5.74) is 0. The van der Waals surface area contributed by atoms with Crippen molar-refractivity contribution in [3.05, 3.63) is 12.2 Å². The lowest BCUT2D eigenvalue weighted by Crippen LogP contribution is -2.57. The summed E-state index contributed by atoms with van der Waals surface area (Å²) >= 11 is 0. The van der Waals surface area contributed by atoms with E-state index in [1.165, 1.54) is 19.3 Å². The van der Waals surface area contributed by atoms with Crippen molar-refractivity contribution >= 4 is 6.21 Å². The second kappa shape index (κ2) is 7.70. The number of nitrogens with zero attached hydrogens (tertiary/aromatic N) is 2. The Morgan fingerprint density at radius 2 is 2.17 bits per heavy atom. The van der Waals surface area contributed by atoms with E-state index in [1.807, 2.05) is 13.1 Å². The molecule has 18 heavy (non-hydrogen) atoms. The molecule has 0 spiro atoms. The molecule has 3 unspecified atom stereocenters. The molecule has 104 valence electrons. The van der Waals surface area contributed by atoms with E-state index in [-0.39, 0.29) is 12.4 Å². The minimum atomic E-state index is -0.317. The van der Waals surface area contributed by atoms with Crippen LogP contribution in [-0.2, 0) is 0 Å². The number of quaternary nitrogens is 1. The quantitative estimate of drug-likeness (QED) is 0.402. The number of hydrogen-bond acceptors (Lipinski definition) is 2. The molecule has 0 aromatic carbocycles. The molecule has 0 aliphatic carbocycles. The summed E-state index contributed by atoms with van der Waals surface area (Å²) in [6.45, 7) is 8.06.